The molecule has 0 spiro atoms. The van der Waals surface area contributed by atoms with Crippen LogP contribution in [0.1, 0.15) is 29.6 Å². The van der Waals surface area contributed by atoms with Gasteiger partial charge in [0.25, 0.3) is 0 Å². The third-order valence-electron chi connectivity index (χ3n) is 2.64. The van der Waals surface area contributed by atoms with Crippen molar-refractivity contribution in [2.24, 2.45) is 0 Å². The van der Waals surface area contributed by atoms with Crippen molar-refractivity contribution < 1.29 is 28.6 Å². The van der Waals surface area contributed by atoms with Crippen LogP contribution in [0.3, 0.4) is 0 Å². The molecule has 1 aromatic carbocycles. The number of hydrogen-bond donors (Lipinski definition) is 0. The Balaban J connectivity index is 2.09. The van der Waals surface area contributed by atoms with Crippen LogP contribution < -0.4 is 4.74 Å². The van der Waals surface area contributed by atoms with Gasteiger partial charge >= 0.3 is 12.1 Å². The Hall–Kier alpha value is -2.63. The lowest BCUT2D eigenvalue weighted by molar-refractivity contribution is -0.137. The minimum Gasteiger partial charge on any atom is -0.463 e. The smallest absolute Gasteiger partial charge is 0.463 e. The molecular formula is C16H18O6. The van der Waals surface area contributed by atoms with Gasteiger partial charge in [0.1, 0.15) is 12.0 Å². The predicted octanol–water partition coefficient (Wildman–Crippen LogP) is 2.91. The van der Waals surface area contributed by atoms with E-state index in [4.69, 9.17) is 14.2 Å². The second kappa shape index (κ2) is 10.1. The maximum Gasteiger partial charge on any atom is 0.513 e. The summed E-state index contributed by atoms with van der Waals surface area (Å²) in [4.78, 5) is 32.6. The maximum absolute atomic E-state index is 11.4. The zero-order chi connectivity index (χ0) is 16.2. The van der Waals surface area contributed by atoms with E-state index < -0.39 is 12.1 Å². The highest BCUT2D eigenvalue weighted by Gasteiger charge is 2.05. The lowest BCUT2D eigenvalue weighted by Gasteiger charge is -2.06. The molecule has 1 aromatic rings. The molecule has 0 fully saturated rings. The number of carbonyl (C=O) groups is 3. The number of esters is 1. The van der Waals surface area contributed by atoms with Crippen LogP contribution in [0.15, 0.2) is 36.9 Å². The normalized spacial score (nSPS) is 9.64. The average molecular weight is 306 g/mol. The average Bonchev–Trinajstić information content (AvgIpc) is 2.54. The largest absolute Gasteiger partial charge is 0.513 e. The number of rotatable bonds is 9. The number of benzene rings is 1. The highest BCUT2D eigenvalue weighted by molar-refractivity contribution is 5.81. The quantitative estimate of drug-likeness (QED) is 0.229. The zero-order valence-corrected chi connectivity index (χ0v) is 12.2. The third-order valence-corrected chi connectivity index (χ3v) is 2.64. The van der Waals surface area contributed by atoms with Gasteiger partial charge in [-0.15, -0.1) is 0 Å². The summed E-state index contributed by atoms with van der Waals surface area (Å²) in [6, 6.07) is 6.11. The number of unbranched alkanes of at least 4 members (excludes halogenated alkanes) is 2. The van der Waals surface area contributed by atoms with Crippen molar-refractivity contribution in [1.29, 1.82) is 0 Å². The monoisotopic (exact) mass is 306 g/mol. The van der Waals surface area contributed by atoms with E-state index in [9.17, 15) is 14.4 Å². The highest BCUT2D eigenvalue weighted by Crippen LogP contribution is 2.12. The molecule has 0 atom stereocenters. The first-order chi connectivity index (χ1) is 10.7. The summed E-state index contributed by atoms with van der Waals surface area (Å²) in [7, 11) is 0. The number of carbonyl (C=O) groups excluding carboxylic acids is 3. The summed E-state index contributed by atoms with van der Waals surface area (Å²) in [6.07, 6.45) is 3.11. The van der Waals surface area contributed by atoms with E-state index in [1.165, 1.54) is 12.1 Å². The van der Waals surface area contributed by atoms with Crippen LogP contribution in [0.25, 0.3) is 0 Å². The molecule has 6 nitrogen and oxygen atoms in total. The number of ether oxygens (including phenoxy) is 3. The fraction of sp³-hybridized carbons (Fsp3) is 0.312. The molecule has 0 saturated carbocycles. The second-order valence-corrected chi connectivity index (χ2v) is 4.32. The Morgan fingerprint density at radius 1 is 1.00 bits per heavy atom. The Morgan fingerprint density at radius 3 is 2.23 bits per heavy atom. The molecule has 0 aromatic heterocycles. The van der Waals surface area contributed by atoms with Crippen molar-refractivity contribution in [1.82, 2.24) is 0 Å². The molecule has 0 amide bonds. The molecule has 0 unspecified atom stereocenters. The summed E-state index contributed by atoms with van der Waals surface area (Å²) in [5, 5.41) is 0. The van der Waals surface area contributed by atoms with Crippen molar-refractivity contribution in [2.75, 3.05) is 13.2 Å². The second-order valence-electron chi connectivity index (χ2n) is 4.32. The molecule has 0 aliphatic carbocycles. The third kappa shape index (κ3) is 7.23. The van der Waals surface area contributed by atoms with E-state index >= 15 is 0 Å². The zero-order valence-electron chi connectivity index (χ0n) is 12.2. The van der Waals surface area contributed by atoms with Gasteiger partial charge in [0.15, 0.2) is 0 Å². The van der Waals surface area contributed by atoms with Crippen LogP contribution in [0.2, 0.25) is 0 Å². The Morgan fingerprint density at radius 2 is 1.64 bits per heavy atom. The van der Waals surface area contributed by atoms with Crippen LogP contribution >= 0.6 is 0 Å². The molecule has 0 N–H and O–H groups in total. The van der Waals surface area contributed by atoms with Crippen molar-refractivity contribution in [3.63, 3.8) is 0 Å². The van der Waals surface area contributed by atoms with E-state index in [1.807, 2.05) is 0 Å². The Kier molecular flexibility index (Phi) is 8.04. The maximum atomic E-state index is 11.4. The lowest BCUT2D eigenvalue weighted by atomic mass is 10.2. The molecule has 0 heterocycles. The summed E-state index contributed by atoms with van der Waals surface area (Å²) in [5.41, 5.74) is 0.498. The topological polar surface area (TPSA) is 78.9 Å². The minimum atomic E-state index is -0.795. The van der Waals surface area contributed by atoms with E-state index in [0.29, 0.717) is 37.0 Å². The van der Waals surface area contributed by atoms with E-state index in [-0.39, 0.29) is 6.61 Å². The van der Waals surface area contributed by atoms with Crippen LogP contribution in [0.4, 0.5) is 4.79 Å². The molecule has 118 valence electrons. The molecule has 22 heavy (non-hydrogen) atoms. The fourth-order valence-corrected chi connectivity index (χ4v) is 1.51. The molecule has 0 aliphatic rings. The Bertz CT molecular complexity index is 506. The van der Waals surface area contributed by atoms with Gasteiger partial charge in [0, 0.05) is 11.6 Å². The number of hydrogen-bond acceptors (Lipinski definition) is 6. The molecular weight excluding hydrogens is 288 g/mol. The van der Waals surface area contributed by atoms with E-state index in [1.54, 1.807) is 12.1 Å². The van der Waals surface area contributed by atoms with Gasteiger partial charge in [0.2, 0.25) is 0 Å². The molecule has 0 radical (unpaired) electrons. The van der Waals surface area contributed by atoms with Gasteiger partial charge in [0.05, 0.1) is 13.2 Å². The molecule has 6 heteroatoms. The van der Waals surface area contributed by atoms with Gasteiger partial charge in [-0.2, -0.15) is 0 Å². The van der Waals surface area contributed by atoms with Gasteiger partial charge < -0.3 is 14.2 Å². The Labute approximate surface area is 128 Å². The molecule has 0 saturated heterocycles. The van der Waals surface area contributed by atoms with Crippen LogP contribution in [0.5, 0.6) is 5.75 Å². The predicted molar refractivity (Wildman–Crippen MR) is 78.8 cm³/mol. The number of aldehydes is 1. The fourth-order valence-electron chi connectivity index (χ4n) is 1.51. The SMILES string of the molecule is C=CC(=O)OCCCCCOC(=O)Oc1ccc(C=O)cc1. The van der Waals surface area contributed by atoms with Crippen LogP contribution in [0, 0.1) is 0 Å². The minimum absolute atomic E-state index is 0.223. The summed E-state index contributed by atoms with van der Waals surface area (Å²) < 4.78 is 14.6. The van der Waals surface area contributed by atoms with Crippen LogP contribution in [-0.4, -0.2) is 31.6 Å². The molecule has 0 aliphatic heterocycles. The van der Waals surface area contributed by atoms with Gasteiger partial charge in [-0.1, -0.05) is 6.58 Å². The summed E-state index contributed by atoms with van der Waals surface area (Å²) in [6.45, 7) is 3.83. The first-order valence-electron chi connectivity index (χ1n) is 6.84. The van der Waals surface area contributed by atoms with Crippen molar-refractivity contribution >= 4 is 18.4 Å². The van der Waals surface area contributed by atoms with Crippen molar-refractivity contribution in [3.8, 4) is 5.75 Å². The van der Waals surface area contributed by atoms with E-state index in [2.05, 4.69) is 6.58 Å². The standard InChI is InChI=1S/C16H18O6/c1-2-15(18)20-10-4-3-5-11-21-16(19)22-14-8-6-13(12-17)7-9-14/h2,6-9,12H,1,3-5,10-11H2. The molecule has 1 rings (SSSR count). The van der Waals surface area contributed by atoms with Gasteiger partial charge in [-0.3, -0.25) is 4.79 Å². The molecule has 0 bridgehead atoms. The van der Waals surface area contributed by atoms with Crippen molar-refractivity contribution in [2.45, 2.75) is 19.3 Å². The lowest BCUT2D eigenvalue weighted by Crippen LogP contribution is -2.11. The first-order valence-corrected chi connectivity index (χ1v) is 6.84. The highest BCUT2D eigenvalue weighted by atomic mass is 16.7. The van der Waals surface area contributed by atoms with Crippen molar-refractivity contribution in [3.05, 3.63) is 42.5 Å². The van der Waals surface area contributed by atoms with Gasteiger partial charge in [-0.05, 0) is 43.5 Å². The summed E-state index contributed by atoms with van der Waals surface area (Å²) in [5.74, 6) is -0.132. The van der Waals surface area contributed by atoms with Crippen LogP contribution in [-0.2, 0) is 14.3 Å². The first kappa shape index (κ1) is 17.4. The summed E-state index contributed by atoms with van der Waals surface area (Å²) >= 11 is 0. The van der Waals surface area contributed by atoms with E-state index in [0.717, 1.165) is 12.5 Å². The van der Waals surface area contributed by atoms with Gasteiger partial charge in [-0.25, -0.2) is 9.59 Å².